The van der Waals surface area contributed by atoms with E-state index in [0.29, 0.717) is 5.41 Å². The molecule has 0 nitrogen and oxygen atoms in total. The molecule has 0 saturated heterocycles. The molecule has 0 bridgehead atoms. The fourth-order valence-electron chi connectivity index (χ4n) is 2.45. The second kappa shape index (κ2) is 5.25. The molecule has 0 fully saturated rings. The largest absolute Gasteiger partial charge is 0.0654 e. The molecule has 0 aliphatic heterocycles. The lowest BCUT2D eigenvalue weighted by Gasteiger charge is -2.29. The van der Waals surface area contributed by atoms with Gasteiger partial charge in [-0.2, -0.15) is 0 Å². The quantitative estimate of drug-likeness (QED) is 0.647. The second-order valence-electron chi connectivity index (χ2n) is 6.49. The molecule has 1 aromatic carbocycles. The van der Waals surface area contributed by atoms with Crippen LogP contribution in [0.2, 0.25) is 0 Å². The summed E-state index contributed by atoms with van der Waals surface area (Å²) in [5.74, 6) is 0. The highest BCUT2D eigenvalue weighted by Gasteiger charge is 2.24. The zero-order valence-electron chi connectivity index (χ0n) is 12.4. The van der Waals surface area contributed by atoms with Gasteiger partial charge in [-0.3, -0.25) is 0 Å². The number of hydrogen-bond acceptors (Lipinski definition) is 0. The second-order valence-corrected chi connectivity index (χ2v) is 6.49. The van der Waals surface area contributed by atoms with Crippen molar-refractivity contribution in [1.82, 2.24) is 0 Å². The average molecular weight is 232 g/mol. The third kappa shape index (κ3) is 3.34. The summed E-state index contributed by atoms with van der Waals surface area (Å²) in [5.41, 5.74) is 3.53. The maximum Gasteiger partial charge on any atom is -0.00780 e. The molecular weight excluding hydrogens is 204 g/mol. The summed E-state index contributed by atoms with van der Waals surface area (Å²) in [4.78, 5) is 0. The van der Waals surface area contributed by atoms with Gasteiger partial charge in [-0.1, -0.05) is 72.2 Å². The fourth-order valence-corrected chi connectivity index (χ4v) is 2.45. The Morgan fingerprint density at radius 1 is 0.824 bits per heavy atom. The van der Waals surface area contributed by atoms with Gasteiger partial charge in [0, 0.05) is 0 Å². The lowest BCUT2D eigenvalue weighted by Crippen LogP contribution is -2.21. The van der Waals surface area contributed by atoms with E-state index in [4.69, 9.17) is 0 Å². The maximum atomic E-state index is 2.39. The van der Waals surface area contributed by atoms with Gasteiger partial charge < -0.3 is 0 Å². The van der Waals surface area contributed by atoms with Gasteiger partial charge in [-0.25, -0.2) is 0 Å². The first-order valence-corrected chi connectivity index (χ1v) is 6.94. The van der Waals surface area contributed by atoms with Gasteiger partial charge in [0.2, 0.25) is 0 Å². The van der Waals surface area contributed by atoms with Crippen LogP contribution in [0.3, 0.4) is 0 Å². The van der Waals surface area contributed by atoms with Crippen LogP contribution < -0.4 is 0 Å². The monoisotopic (exact) mass is 232 g/mol. The number of rotatable bonds is 4. The smallest absolute Gasteiger partial charge is 0.00780 e. The first-order chi connectivity index (χ1) is 7.83. The standard InChI is InChI=1S/C17H28/c1-7-13-17(6,8-2)15-11-9-14(10-12-15)16(3,4)5/h9-12H,7-8,13H2,1-6H3. The van der Waals surface area contributed by atoms with Gasteiger partial charge in [-0.05, 0) is 34.8 Å². The minimum absolute atomic E-state index is 0.256. The van der Waals surface area contributed by atoms with Crippen LogP contribution in [0.15, 0.2) is 24.3 Å². The summed E-state index contributed by atoms with van der Waals surface area (Å²) < 4.78 is 0. The van der Waals surface area contributed by atoms with E-state index in [-0.39, 0.29) is 5.41 Å². The summed E-state index contributed by atoms with van der Waals surface area (Å²) in [7, 11) is 0. The van der Waals surface area contributed by atoms with Crippen molar-refractivity contribution >= 4 is 0 Å². The Kier molecular flexibility index (Phi) is 4.41. The van der Waals surface area contributed by atoms with Crippen LogP contribution in [0.1, 0.15) is 71.9 Å². The Morgan fingerprint density at radius 3 is 1.65 bits per heavy atom. The van der Waals surface area contributed by atoms with Crippen molar-refractivity contribution < 1.29 is 0 Å². The number of hydrogen-bond donors (Lipinski definition) is 0. The molecule has 0 aliphatic rings. The maximum absolute atomic E-state index is 2.39. The predicted molar refractivity (Wildman–Crippen MR) is 77.7 cm³/mol. The van der Waals surface area contributed by atoms with Crippen LogP contribution >= 0.6 is 0 Å². The van der Waals surface area contributed by atoms with E-state index in [1.807, 2.05) is 0 Å². The highest BCUT2D eigenvalue weighted by Crippen LogP contribution is 2.33. The Balaban J connectivity index is 3.01. The molecule has 0 heteroatoms. The molecule has 0 amide bonds. The van der Waals surface area contributed by atoms with Crippen LogP contribution in [0.25, 0.3) is 0 Å². The molecule has 17 heavy (non-hydrogen) atoms. The third-order valence-corrected chi connectivity index (χ3v) is 4.03. The average Bonchev–Trinajstić information content (AvgIpc) is 2.28. The van der Waals surface area contributed by atoms with E-state index < -0.39 is 0 Å². The third-order valence-electron chi connectivity index (χ3n) is 4.03. The molecule has 1 aromatic rings. The Bertz CT molecular complexity index is 339. The minimum atomic E-state index is 0.256. The van der Waals surface area contributed by atoms with Gasteiger partial charge in [-0.15, -0.1) is 0 Å². The van der Waals surface area contributed by atoms with Crippen molar-refractivity contribution in [2.24, 2.45) is 0 Å². The number of benzene rings is 1. The van der Waals surface area contributed by atoms with Crippen LogP contribution in [0.4, 0.5) is 0 Å². The summed E-state index contributed by atoms with van der Waals surface area (Å²) in [6.07, 6.45) is 3.75. The molecule has 0 aromatic heterocycles. The van der Waals surface area contributed by atoms with Crippen LogP contribution in [0.5, 0.6) is 0 Å². The van der Waals surface area contributed by atoms with E-state index in [0.717, 1.165) is 0 Å². The van der Waals surface area contributed by atoms with Gasteiger partial charge in [0.15, 0.2) is 0 Å². The fraction of sp³-hybridized carbons (Fsp3) is 0.647. The summed E-state index contributed by atoms with van der Waals surface area (Å²) in [6, 6.07) is 9.28. The van der Waals surface area contributed by atoms with E-state index in [1.54, 1.807) is 0 Å². The zero-order valence-corrected chi connectivity index (χ0v) is 12.4. The summed E-state index contributed by atoms with van der Waals surface area (Å²) in [6.45, 7) is 13.8. The first-order valence-electron chi connectivity index (χ1n) is 6.94. The van der Waals surface area contributed by atoms with Crippen LogP contribution in [0, 0.1) is 0 Å². The molecule has 1 unspecified atom stereocenters. The van der Waals surface area contributed by atoms with Crippen molar-refractivity contribution in [2.45, 2.75) is 71.6 Å². The molecule has 1 rings (SSSR count). The molecule has 96 valence electrons. The molecule has 0 saturated carbocycles. The van der Waals surface area contributed by atoms with E-state index in [1.165, 1.54) is 30.4 Å². The summed E-state index contributed by atoms with van der Waals surface area (Å²) in [5, 5.41) is 0. The van der Waals surface area contributed by atoms with E-state index in [2.05, 4.69) is 65.8 Å². The van der Waals surface area contributed by atoms with Crippen LogP contribution in [-0.4, -0.2) is 0 Å². The van der Waals surface area contributed by atoms with Crippen molar-refractivity contribution in [3.05, 3.63) is 35.4 Å². The Hall–Kier alpha value is -0.780. The Morgan fingerprint density at radius 2 is 1.29 bits per heavy atom. The lowest BCUT2D eigenvalue weighted by molar-refractivity contribution is 0.413. The minimum Gasteiger partial charge on any atom is -0.0654 e. The van der Waals surface area contributed by atoms with Crippen molar-refractivity contribution in [3.8, 4) is 0 Å². The van der Waals surface area contributed by atoms with Crippen molar-refractivity contribution in [1.29, 1.82) is 0 Å². The predicted octanol–water partition coefficient (Wildman–Crippen LogP) is 5.45. The molecule has 0 spiro atoms. The molecule has 0 aliphatic carbocycles. The first kappa shape index (κ1) is 14.3. The topological polar surface area (TPSA) is 0 Å². The molecule has 1 atom stereocenters. The lowest BCUT2D eigenvalue weighted by atomic mass is 9.75. The normalized spacial score (nSPS) is 15.6. The highest BCUT2D eigenvalue weighted by atomic mass is 14.3. The van der Waals surface area contributed by atoms with Gasteiger partial charge in [0.05, 0.1) is 0 Å². The molecule has 0 N–H and O–H groups in total. The highest BCUT2D eigenvalue weighted by molar-refractivity contribution is 5.31. The van der Waals surface area contributed by atoms with Crippen molar-refractivity contribution in [3.63, 3.8) is 0 Å². The van der Waals surface area contributed by atoms with E-state index >= 15 is 0 Å². The van der Waals surface area contributed by atoms with Crippen LogP contribution in [-0.2, 0) is 10.8 Å². The zero-order chi connectivity index (χ0) is 13.1. The molecule has 0 radical (unpaired) electrons. The molecular formula is C17H28. The summed E-state index contributed by atoms with van der Waals surface area (Å²) >= 11 is 0. The Labute approximate surface area is 107 Å². The SMILES string of the molecule is CCCC(C)(CC)c1ccc(C(C)(C)C)cc1. The van der Waals surface area contributed by atoms with Crippen molar-refractivity contribution in [2.75, 3.05) is 0 Å². The van der Waals surface area contributed by atoms with Gasteiger partial charge in [0.25, 0.3) is 0 Å². The van der Waals surface area contributed by atoms with Gasteiger partial charge in [0.1, 0.15) is 0 Å². The van der Waals surface area contributed by atoms with E-state index in [9.17, 15) is 0 Å². The molecule has 0 heterocycles. The van der Waals surface area contributed by atoms with Gasteiger partial charge >= 0.3 is 0 Å².